The van der Waals surface area contributed by atoms with Crippen molar-refractivity contribution >= 4 is 22.9 Å². The van der Waals surface area contributed by atoms with E-state index in [-0.39, 0.29) is 5.91 Å². The zero-order valence-corrected chi connectivity index (χ0v) is 10.0. The third kappa shape index (κ3) is 2.52. The first-order valence-corrected chi connectivity index (χ1v) is 5.99. The Labute approximate surface area is 103 Å². The first kappa shape index (κ1) is 11.4. The van der Waals surface area contributed by atoms with E-state index in [2.05, 4.69) is 5.32 Å². The third-order valence-corrected chi connectivity index (χ3v) is 3.23. The van der Waals surface area contributed by atoms with Crippen molar-refractivity contribution in [3.8, 4) is 6.07 Å². The van der Waals surface area contributed by atoms with Crippen LogP contribution in [0.3, 0.4) is 0 Å². The molecule has 0 aliphatic heterocycles. The van der Waals surface area contributed by atoms with Gasteiger partial charge in [-0.3, -0.25) is 4.79 Å². The molecule has 0 saturated heterocycles. The number of aryl methyl sites for hydroxylation is 1. The summed E-state index contributed by atoms with van der Waals surface area (Å²) in [4.78, 5) is 11.9. The maximum Gasteiger partial charge on any atom is 0.256 e. The maximum absolute atomic E-state index is 11.9. The number of anilines is 1. The van der Waals surface area contributed by atoms with Crippen LogP contribution in [0.4, 0.5) is 5.69 Å². The van der Waals surface area contributed by atoms with Crippen LogP contribution in [0.1, 0.15) is 21.5 Å². The highest BCUT2D eigenvalue weighted by molar-refractivity contribution is 7.08. The van der Waals surface area contributed by atoms with Crippen molar-refractivity contribution in [2.24, 2.45) is 0 Å². The lowest BCUT2D eigenvalue weighted by Crippen LogP contribution is -2.11. The lowest BCUT2D eigenvalue weighted by molar-refractivity contribution is 0.102. The fourth-order valence-corrected chi connectivity index (χ4v) is 2.25. The van der Waals surface area contributed by atoms with Gasteiger partial charge >= 0.3 is 0 Å². The highest BCUT2D eigenvalue weighted by Crippen LogP contribution is 2.16. The van der Waals surface area contributed by atoms with Crippen LogP contribution >= 0.6 is 11.3 Å². The van der Waals surface area contributed by atoms with E-state index in [0.717, 1.165) is 5.56 Å². The highest BCUT2D eigenvalue weighted by atomic mass is 32.1. The molecule has 1 aromatic heterocycles. The smallest absolute Gasteiger partial charge is 0.256 e. The fraction of sp³-hybridized carbons (Fsp3) is 0.0769. The monoisotopic (exact) mass is 242 g/mol. The van der Waals surface area contributed by atoms with Crippen LogP contribution in [0, 0.1) is 18.3 Å². The number of nitrogens with zero attached hydrogens (tertiary/aromatic N) is 1. The number of rotatable bonds is 2. The normalized spacial score (nSPS) is 9.65. The molecule has 0 fully saturated rings. The minimum absolute atomic E-state index is 0.117. The van der Waals surface area contributed by atoms with Crippen molar-refractivity contribution in [3.63, 3.8) is 0 Å². The predicted octanol–water partition coefficient (Wildman–Crippen LogP) is 3.18. The second kappa shape index (κ2) is 4.81. The molecule has 84 valence electrons. The number of amides is 1. The summed E-state index contributed by atoms with van der Waals surface area (Å²) in [5.41, 5.74) is 2.94. The summed E-state index contributed by atoms with van der Waals surface area (Å²) < 4.78 is 0. The van der Waals surface area contributed by atoms with Gasteiger partial charge in [-0.1, -0.05) is 0 Å². The zero-order chi connectivity index (χ0) is 12.3. The molecule has 0 aliphatic carbocycles. The Bertz CT molecular complexity index is 578. The van der Waals surface area contributed by atoms with E-state index in [0.29, 0.717) is 16.8 Å². The molecule has 0 spiro atoms. The van der Waals surface area contributed by atoms with E-state index >= 15 is 0 Å². The summed E-state index contributed by atoms with van der Waals surface area (Å²) in [5, 5.41) is 15.2. The molecule has 1 aromatic carbocycles. The highest BCUT2D eigenvalue weighted by Gasteiger charge is 2.09. The summed E-state index contributed by atoms with van der Waals surface area (Å²) in [6.07, 6.45) is 0. The lowest BCUT2D eigenvalue weighted by atomic mass is 10.2. The Morgan fingerprint density at radius 3 is 2.53 bits per heavy atom. The van der Waals surface area contributed by atoms with Gasteiger partial charge in [-0.2, -0.15) is 16.6 Å². The van der Waals surface area contributed by atoms with Crippen molar-refractivity contribution in [2.45, 2.75) is 6.92 Å². The molecule has 0 atom stereocenters. The summed E-state index contributed by atoms with van der Waals surface area (Å²) in [6.45, 7) is 1.91. The topological polar surface area (TPSA) is 52.9 Å². The Balaban J connectivity index is 2.14. The van der Waals surface area contributed by atoms with Crippen LogP contribution in [0.25, 0.3) is 0 Å². The number of benzene rings is 1. The minimum Gasteiger partial charge on any atom is -0.322 e. The summed E-state index contributed by atoms with van der Waals surface area (Å²) in [6, 6.07) is 8.83. The van der Waals surface area contributed by atoms with Crippen molar-refractivity contribution in [3.05, 3.63) is 51.7 Å². The molecule has 1 amide bonds. The van der Waals surface area contributed by atoms with Crippen molar-refractivity contribution in [1.29, 1.82) is 5.26 Å². The molecule has 0 saturated carbocycles. The molecule has 0 bridgehead atoms. The molecular formula is C13H10N2OS. The van der Waals surface area contributed by atoms with Gasteiger partial charge in [-0.15, -0.1) is 0 Å². The van der Waals surface area contributed by atoms with Crippen LogP contribution in [0.2, 0.25) is 0 Å². The van der Waals surface area contributed by atoms with Crippen LogP contribution in [0.5, 0.6) is 0 Å². The largest absolute Gasteiger partial charge is 0.322 e. The minimum atomic E-state index is -0.117. The SMILES string of the molecule is Cc1cscc1C(=O)Nc1ccc(C#N)cc1. The standard InChI is InChI=1S/C13H10N2OS/c1-9-7-17-8-12(9)13(16)15-11-4-2-10(6-14)3-5-11/h2-5,7-8H,1H3,(H,15,16). The first-order chi connectivity index (χ1) is 8.20. The van der Waals surface area contributed by atoms with Crippen molar-refractivity contribution in [2.75, 3.05) is 5.32 Å². The quantitative estimate of drug-likeness (QED) is 0.879. The molecule has 2 rings (SSSR count). The van der Waals surface area contributed by atoms with E-state index in [1.165, 1.54) is 11.3 Å². The van der Waals surface area contributed by atoms with Crippen molar-refractivity contribution in [1.82, 2.24) is 0 Å². The van der Waals surface area contributed by atoms with Gasteiger partial charge in [0.15, 0.2) is 0 Å². The van der Waals surface area contributed by atoms with Crippen LogP contribution in [-0.4, -0.2) is 5.91 Å². The Kier molecular flexibility index (Phi) is 3.22. The number of hydrogen-bond donors (Lipinski definition) is 1. The molecule has 1 N–H and O–H groups in total. The Hall–Kier alpha value is -2.12. The Morgan fingerprint density at radius 1 is 1.29 bits per heavy atom. The van der Waals surface area contributed by atoms with Gasteiger partial charge in [-0.05, 0) is 42.1 Å². The van der Waals surface area contributed by atoms with E-state index in [4.69, 9.17) is 5.26 Å². The molecule has 1 heterocycles. The maximum atomic E-state index is 11.9. The number of carbonyl (C=O) groups excluding carboxylic acids is 1. The van der Waals surface area contributed by atoms with Gasteiger partial charge in [-0.25, -0.2) is 0 Å². The van der Waals surface area contributed by atoms with Gasteiger partial charge < -0.3 is 5.32 Å². The molecule has 0 aliphatic rings. The second-order valence-corrected chi connectivity index (χ2v) is 4.36. The molecule has 0 radical (unpaired) electrons. The van der Waals surface area contributed by atoms with Gasteiger partial charge in [0.25, 0.3) is 5.91 Å². The van der Waals surface area contributed by atoms with Gasteiger partial charge in [0, 0.05) is 11.1 Å². The number of nitrogens with one attached hydrogen (secondary N) is 1. The van der Waals surface area contributed by atoms with Crippen LogP contribution in [-0.2, 0) is 0 Å². The molecule has 4 heteroatoms. The number of carbonyl (C=O) groups is 1. The summed E-state index contributed by atoms with van der Waals surface area (Å²) in [7, 11) is 0. The van der Waals surface area contributed by atoms with E-state index in [1.54, 1.807) is 24.3 Å². The average molecular weight is 242 g/mol. The van der Waals surface area contributed by atoms with Gasteiger partial charge in [0.05, 0.1) is 17.2 Å². The first-order valence-electron chi connectivity index (χ1n) is 5.05. The second-order valence-electron chi connectivity index (χ2n) is 3.61. The molecule has 17 heavy (non-hydrogen) atoms. The number of nitriles is 1. The van der Waals surface area contributed by atoms with Crippen LogP contribution in [0.15, 0.2) is 35.0 Å². The molecule has 2 aromatic rings. The predicted molar refractivity (Wildman–Crippen MR) is 68.2 cm³/mol. The number of hydrogen-bond acceptors (Lipinski definition) is 3. The zero-order valence-electron chi connectivity index (χ0n) is 9.23. The number of thiophene rings is 1. The Morgan fingerprint density at radius 2 is 2.00 bits per heavy atom. The lowest BCUT2D eigenvalue weighted by Gasteiger charge is -2.04. The van der Waals surface area contributed by atoms with Crippen LogP contribution < -0.4 is 5.32 Å². The van der Waals surface area contributed by atoms with E-state index < -0.39 is 0 Å². The van der Waals surface area contributed by atoms with E-state index in [1.807, 2.05) is 23.8 Å². The molecule has 3 nitrogen and oxygen atoms in total. The molecule has 0 unspecified atom stereocenters. The molecular weight excluding hydrogens is 232 g/mol. The van der Waals surface area contributed by atoms with Gasteiger partial charge in [0.2, 0.25) is 0 Å². The summed E-state index contributed by atoms with van der Waals surface area (Å²) in [5.74, 6) is -0.117. The summed E-state index contributed by atoms with van der Waals surface area (Å²) >= 11 is 1.51. The third-order valence-electron chi connectivity index (χ3n) is 2.37. The van der Waals surface area contributed by atoms with E-state index in [9.17, 15) is 4.79 Å². The van der Waals surface area contributed by atoms with Gasteiger partial charge in [0.1, 0.15) is 0 Å². The average Bonchev–Trinajstić information content (AvgIpc) is 2.76. The van der Waals surface area contributed by atoms with Crippen molar-refractivity contribution < 1.29 is 4.79 Å². The fourth-order valence-electron chi connectivity index (χ4n) is 1.42.